The Morgan fingerprint density at radius 3 is 2.95 bits per heavy atom. The predicted molar refractivity (Wildman–Crippen MR) is 73.4 cm³/mol. The number of alkyl halides is 1. The first kappa shape index (κ1) is 14.5. The smallest absolute Gasteiger partial charge is 0.216 e. The van der Waals surface area contributed by atoms with Crippen LogP contribution in [0.15, 0.2) is 12.4 Å². The third kappa shape index (κ3) is 3.57. The summed E-state index contributed by atoms with van der Waals surface area (Å²) >= 11 is 6.29. The molecule has 1 aromatic heterocycles. The first-order chi connectivity index (χ1) is 9.03. The van der Waals surface area contributed by atoms with Gasteiger partial charge in [0.2, 0.25) is 5.88 Å². The molecular weight excluding hydrogens is 288 g/mol. The molecular formula is C12H17ClN2O3S. The molecule has 2 rings (SSSR count). The van der Waals surface area contributed by atoms with Gasteiger partial charge in [0.15, 0.2) is 9.84 Å². The lowest BCUT2D eigenvalue weighted by Gasteiger charge is -2.26. The van der Waals surface area contributed by atoms with Gasteiger partial charge < -0.3 is 4.74 Å². The molecule has 2 unspecified atom stereocenters. The summed E-state index contributed by atoms with van der Waals surface area (Å²) in [4.78, 5) is 8.01. The van der Waals surface area contributed by atoms with E-state index in [9.17, 15) is 8.42 Å². The number of rotatable bonds is 4. The van der Waals surface area contributed by atoms with Gasteiger partial charge in [-0.3, -0.25) is 0 Å². The highest BCUT2D eigenvalue weighted by Gasteiger charge is 2.34. The zero-order valence-electron chi connectivity index (χ0n) is 10.8. The molecule has 1 aromatic rings. The molecule has 0 spiro atoms. The van der Waals surface area contributed by atoms with Gasteiger partial charge in [-0.1, -0.05) is 6.42 Å². The topological polar surface area (TPSA) is 69.2 Å². The van der Waals surface area contributed by atoms with Crippen molar-refractivity contribution in [3.8, 4) is 5.88 Å². The summed E-state index contributed by atoms with van der Waals surface area (Å²) in [6.45, 7) is 0. The van der Waals surface area contributed by atoms with E-state index in [1.54, 1.807) is 6.07 Å². The first-order valence-electron chi connectivity index (χ1n) is 6.23. The molecule has 1 saturated heterocycles. The largest absolute Gasteiger partial charge is 0.481 e. The minimum atomic E-state index is -3.07. The van der Waals surface area contributed by atoms with Crippen LogP contribution in [0.5, 0.6) is 5.88 Å². The van der Waals surface area contributed by atoms with Crippen LogP contribution in [0.1, 0.15) is 25.0 Å². The Labute approximate surface area is 118 Å². The van der Waals surface area contributed by atoms with E-state index in [1.165, 1.54) is 13.4 Å². The molecule has 7 heteroatoms. The summed E-state index contributed by atoms with van der Waals surface area (Å²) in [6, 6.07) is 1.69. The molecule has 1 aliphatic heterocycles. The second kappa shape index (κ2) is 6.05. The lowest BCUT2D eigenvalue weighted by atomic mass is 10.1. The Hall–Kier alpha value is -0.880. The summed E-state index contributed by atoms with van der Waals surface area (Å²) in [6.07, 6.45) is 4.10. The molecule has 0 N–H and O–H groups in total. The van der Waals surface area contributed by atoms with Crippen LogP contribution in [-0.4, -0.2) is 41.9 Å². The van der Waals surface area contributed by atoms with Crippen LogP contribution >= 0.6 is 11.6 Å². The van der Waals surface area contributed by atoms with Gasteiger partial charge in [-0.2, -0.15) is 0 Å². The fourth-order valence-electron chi connectivity index (χ4n) is 2.32. The van der Waals surface area contributed by atoms with Crippen molar-refractivity contribution < 1.29 is 13.2 Å². The summed E-state index contributed by atoms with van der Waals surface area (Å²) in [7, 11) is -1.54. The van der Waals surface area contributed by atoms with Gasteiger partial charge >= 0.3 is 0 Å². The van der Waals surface area contributed by atoms with E-state index in [-0.39, 0.29) is 5.75 Å². The number of hydrogen-bond acceptors (Lipinski definition) is 5. The van der Waals surface area contributed by atoms with Crippen molar-refractivity contribution in [2.75, 3.05) is 12.9 Å². The van der Waals surface area contributed by atoms with Crippen LogP contribution in [-0.2, 0) is 16.3 Å². The van der Waals surface area contributed by atoms with E-state index < -0.39 is 20.5 Å². The van der Waals surface area contributed by atoms with Crippen LogP contribution < -0.4 is 4.74 Å². The fraction of sp³-hybridized carbons (Fsp3) is 0.667. The minimum absolute atomic E-state index is 0.244. The highest BCUT2D eigenvalue weighted by Crippen LogP contribution is 2.27. The number of aromatic nitrogens is 2. The van der Waals surface area contributed by atoms with Crippen molar-refractivity contribution in [3.63, 3.8) is 0 Å². The summed E-state index contributed by atoms with van der Waals surface area (Å²) in [5.41, 5.74) is 0.702. The molecule has 1 aliphatic rings. The number of nitrogens with zero attached hydrogens (tertiary/aromatic N) is 2. The van der Waals surface area contributed by atoms with Crippen molar-refractivity contribution >= 4 is 21.4 Å². The molecule has 1 fully saturated rings. The van der Waals surface area contributed by atoms with Gasteiger partial charge in [-0.15, -0.1) is 11.6 Å². The summed E-state index contributed by atoms with van der Waals surface area (Å²) < 4.78 is 29.0. The van der Waals surface area contributed by atoms with Gasteiger partial charge in [0, 0.05) is 18.2 Å². The maximum absolute atomic E-state index is 12.0. The molecule has 2 atom stereocenters. The molecule has 0 saturated carbocycles. The third-order valence-electron chi connectivity index (χ3n) is 3.34. The maximum atomic E-state index is 12.0. The monoisotopic (exact) mass is 304 g/mol. The average molecular weight is 305 g/mol. The van der Waals surface area contributed by atoms with E-state index in [1.807, 2.05) is 0 Å². The van der Waals surface area contributed by atoms with Gasteiger partial charge in [0.05, 0.1) is 23.5 Å². The standard InChI is InChI=1S/C12H17ClN2O3S/c1-18-12-7-9(14-8-15-12)6-10(13)11-4-2-3-5-19(11,16)17/h7-8,10-11H,2-6H2,1H3. The fourth-order valence-corrected chi connectivity index (χ4v) is 5.05. The van der Waals surface area contributed by atoms with Crippen LogP contribution in [0, 0.1) is 0 Å². The number of halogens is 1. The summed E-state index contributed by atoms with van der Waals surface area (Å²) in [5, 5.41) is -0.922. The second-order valence-electron chi connectivity index (χ2n) is 4.67. The normalized spacial score (nSPS) is 23.8. The first-order valence-corrected chi connectivity index (χ1v) is 8.38. The highest BCUT2D eigenvalue weighted by molar-refractivity contribution is 7.92. The van der Waals surface area contributed by atoms with Crippen molar-refractivity contribution in [3.05, 3.63) is 18.1 Å². The Kier molecular flexibility index (Phi) is 4.62. The molecule has 0 amide bonds. The van der Waals surface area contributed by atoms with Crippen molar-refractivity contribution in [2.24, 2.45) is 0 Å². The number of hydrogen-bond donors (Lipinski definition) is 0. The molecule has 19 heavy (non-hydrogen) atoms. The molecule has 2 heterocycles. The number of methoxy groups -OCH3 is 1. The highest BCUT2D eigenvalue weighted by atomic mass is 35.5. The van der Waals surface area contributed by atoms with E-state index >= 15 is 0 Å². The third-order valence-corrected chi connectivity index (χ3v) is 6.30. The zero-order chi connectivity index (χ0) is 13.9. The SMILES string of the molecule is COc1cc(CC(Cl)C2CCCCS2(=O)=O)ncn1. The van der Waals surface area contributed by atoms with E-state index in [4.69, 9.17) is 16.3 Å². The van der Waals surface area contributed by atoms with Crippen LogP contribution in [0.4, 0.5) is 0 Å². The molecule has 0 bridgehead atoms. The van der Waals surface area contributed by atoms with Crippen LogP contribution in [0.2, 0.25) is 0 Å². The van der Waals surface area contributed by atoms with Crippen LogP contribution in [0.25, 0.3) is 0 Å². The van der Waals surface area contributed by atoms with Gasteiger partial charge in [-0.25, -0.2) is 18.4 Å². The molecule has 0 aliphatic carbocycles. The Bertz CT molecular complexity index is 536. The quantitative estimate of drug-likeness (QED) is 0.790. The number of sulfone groups is 1. The molecule has 0 radical (unpaired) electrons. The molecule has 5 nitrogen and oxygen atoms in total. The lowest BCUT2D eigenvalue weighted by Crippen LogP contribution is -2.36. The van der Waals surface area contributed by atoms with Crippen molar-refractivity contribution in [2.45, 2.75) is 36.3 Å². The Morgan fingerprint density at radius 2 is 2.26 bits per heavy atom. The zero-order valence-corrected chi connectivity index (χ0v) is 12.3. The summed E-state index contributed by atoms with van der Waals surface area (Å²) in [5.74, 6) is 0.703. The van der Waals surface area contributed by atoms with Gasteiger partial charge in [-0.05, 0) is 12.8 Å². The molecule has 106 valence electrons. The Morgan fingerprint density at radius 1 is 1.47 bits per heavy atom. The molecule has 0 aromatic carbocycles. The second-order valence-corrected chi connectivity index (χ2v) is 7.57. The predicted octanol–water partition coefficient (Wildman–Crippen LogP) is 1.60. The lowest BCUT2D eigenvalue weighted by molar-refractivity contribution is 0.395. The van der Waals surface area contributed by atoms with Crippen LogP contribution in [0.3, 0.4) is 0 Å². The Balaban J connectivity index is 2.09. The van der Waals surface area contributed by atoms with Crippen molar-refractivity contribution in [1.82, 2.24) is 9.97 Å². The maximum Gasteiger partial charge on any atom is 0.216 e. The van der Waals surface area contributed by atoms with Gasteiger partial charge in [0.25, 0.3) is 0 Å². The van der Waals surface area contributed by atoms with E-state index in [0.717, 1.165) is 12.8 Å². The average Bonchev–Trinajstić information content (AvgIpc) is 2.38. The number of ether oxygens (including phenoxy) is 1. The van der Waals surface area contributed by atoms with Gasteiger partial charge in [0.1, 0.15) is 6.33 Å². The van der Waals surface area contributed by atoms with Crippen molar-refractivity contribution in [1.29, 1.82) is 0 Å². The van der Waals surface area contributed by atoms with E-state index in [2.05, 4.69) is 9.97 Å². The minimum Gasteiger partial charge on any atom is -0.481 e. The van der Waals surface area contributed by atoms with E-state index in [0.29, 0.717) is 24.4 Å².